The molecule has 2 atom stereocenters. The highest BCUT2D eigenvalue weighted by Gasteiger charge is 2.23. The van der Waals surface area contributed by atoms with Crippen LogP contribution in [0, 0.1) is 0 Å². The summed E-state index contributed by atoms with van der Waals surface area (Å²) in [7, 11) is 0. The third-order valence-electron chi connectivity index (χ3n) is 3.33. The first kappa shape index (κ1) is 10.5. The Kier molecular flexibility index (Phi) is 2.46. The molecule has 0 bridgehead atoms. The molecule has 1 aromatic carbocycles. The third-order valence-corrected chi connectivity index (χ3v) is 3.33. The van der Waals surface area contributed by atoms with Crippen LogP contribution < -0.4 is 11.1 Å². The Morgan fingerprint density at radius 1 is 1.35 bits per heavy atom. The lowest BCUT2D eigenvalue weighted by molar-refractivity contribution is 0.193. The lowest BCUT2D eigenvalue weighted by atomic mass is 10.0. The number of nitrogen functional groups attached to an aromatic ring is 1. The molecule has 0 amide bonds. The largest absolute Gasteiger partial charge is 0.392 e. The molecule has 0 radical (unpaired) electrons. The summed E-state index contributed by atoms with van der Waals surface area (Å²) in [5.41, 5.74) is 7.01. The maximum absolute atomic E-state index is 9.53. The molecule has 1 fully saturated rings. The van der Waals surface area contributed by atoms with E-state index in [0.717, 1.165) is 17.2 Å². The van der Waals surface area contributed by atoms with Crippen molar-refractivity contribution in [3.8, 4) is 0 Å². The smallest absolute Gasteiger partial charge is 0.131 e. The van der Waals surface area contributed by atoms with Gasteiger partial charge in [-0.25, -0.2) is 4.98 Å². The van der Waals surface area contributed by atoms with Crippen LogP contribution in [0.2, 0.25) is 0 Å². The van der Waals surface area contributed by atoms with E-state index in [4.69, 9.17) is 5.73 Å². The van der Waals surface area contributed by atoms with Gasteiger partial charge < -0.3 is 16.2 Å². The number of pyridine rings is 1. The summed E-state index contributed by atoms with van der Waals surface area (Å²) in [4.78, 5) is 4.07. The second kappa shape index (κ2) is 3.98. The number of rotatable bonds is 1. The number of nitrogens with two attached hydrogens (primary N) is 1. The number of benzene rings is 1. The molecular weight excluding hydrogens is 214 g/mol. The average molecular weight is 229 g/mol. The monoisotopic (exact) mass is 229 g/mol. The lowest BCUT2D eigenvalue weighted by Gasteiger charge is -2.11. The second-order valence-electron chi connectivity index (χ2n) is 4.53. The van der Waals surface area contributed by atoms with E-state index in [-0.39, 0.29) is 12.1 Å². The van der Waals surface area contributed by atoms with Crippen LogP contribution >= 0.6 is 0 Å². The van der Waals surface area contributed by atoms with E-state index in [1.54, 1.807) is 6.20 Å². The predicted octanol–water partition coefficient (Wildman–Crippen LogP) is 1.21. The Bertz CT molecular complexity index is 555. The molecule has 17 heavy (non-hydrogen) atoms. The minimum Gasteiger partial charge on any atom is -0.392 e. The minimum atomic E-state index is -0.238. The zero-order chi connectivity index (χ0) is 11.8. The van der Waals surface area contributed by atoms with Gasteiger partial charge in [-0.05, 0) is 29.5 Å². The molecule has 3 rings (SSSR count). The summed E-state index contributed by atoms with van der Waals surface area (Å²) in [6, 6.07) is 8.36. The molecule has 2 aromatic rings. The molecular formula is C13H15N3O. The van der Waals surface area contributed by atoms with Crippen LogP contribution in [0.5, 0.6) is 0 Å². The van der Waals surface area contributed by atoms with E-state index in [1.807, 2.05) is 12.1 Å². The van der Waals surface area contributed by atoms with E-state index in [9.17, 15) is 5.11 Å². The van der Waals surface area contributed by atoms with E-state index < -0.39 is 0 Å². The molecule has 88 valence electrons. The van der Waals surface area contributed by atoms with Crippen LogP contribution in [-0.2, 0) is 0 Å². The van der Waals surface area contributed by atoms with E-state index in [2.05, 4.69) is 22.4 Å². The molecule has 4 heteroatoms. The van der Waals surface area contributed by atoms with Gasteiger partial charge in [0.15, 0.2) is 0 Å². The summed E-state index contributed by atoms with van der Waals surface area (Å²) in [5.74, 6) is 0.563. The van der Waals surface area contributed by atoms with Gasteiger partial charge in [0.25, 0.3) is 0 Å². The molecule has 4 nitrogen and oxygen atoms in total. The Morgan fingerprint density at radius 3 is 3.00 bits per heavy atom. The molecule has 4 N–H and O–H groups in total. The number of nitrogens with one attached hydrogen (secondary N) is 1. The molecule has 1 aromatic heterocycles. The Morgan fingerprint density at radius 2 is 2.24 bits per heavy atom. The highest BCUT2D eigenvalue weighted by atomic mass is 16.3. The number of hydrogen-bond donors (Lipinski definition) is 3. The number of fused-ring (bicyclic) bond motifs is 1. The average Bonchev–Trinajstić information content (AvgIpc) is 2.76. The van der Waals surface area contributed by atoms with Crippen LogP contribution in [0.15, 0.2) is 30.5 Å². The van der Waals surface area contributed by atoms with Gasteiger partial charge in [-0.15, -0.1) is 0 Å². The van der Waals surface area contributed by atoms with Crippen LogP contribution in [0.4, 0.5) is 5.82 Å². The summed E-state index contributed by atoms with van der Waals surface area (Å²) in [6.45, 7) is 0.668. The van der Waals surface area contributed by atoms with Crippen molar-refractivity contribution in [3.05, 3.63) is 36.0 Å². The van der Waals surface area contributed by atoms with E-state index >= 15 is 0 Å². The summed E-state index contributed by atoms with van der Waals surface area (Å²) < 4.78 is 0. The van der Waals surface area contributed by atoms with Crippen LogP contribution in [0.25, 0.3) is 10.8 Å². The highest BCUT2D eigenvalue weighted by molar-refractivity contribution is 5.91. The SMILES string of the molecule is Nc1nccc2cc([C@H]3C[C@@H](O)CN3)ccc12. The number of hydrogen-bond acceptors (Lipinski definition) is 4. The van der Waals surface area contributed by atoms with Gasteiger partial charge in [0.1, 0.15) is 5.82 Å². The van der Waals surface area contributed by atoms with Gasteiger partial charge in [-0.2, -0.15) is 0 Å². The number of anilines is 1. The summed E-state index contributed by atoms with van der Waals surface area (Å²) >= 11 is 0. The minimum absolute atomic E-state index is 0.238. The Hall–Kier alpha value is -1.65. The zero-order valence-electron chi connectivity index (χ0n) is 9.43. The Labute approximate surface area is 99.5 Å². The maximum Gasteiger partial charge on any atom is 0.131 e. The molecule has 0 aliphatic carbocycles. The molecule has 1 saturated heterocycles. The predicted molar refractivity (Wildman–Crippen MR) is 67.5 cm³/mol. The van der Waals surface area contributed by atoms with Gasteiger partial charge >= 0.3 is 0 Å². The fraction of sp³-hybridized carbons (Fsp3) is 0.308. The second-order valence-corrected chi connectivity index (χ2v) is 4.53. The fourth-order valence-corrected chi connectivity index (χ4v) is 2.41. The molecule has 0 unspecified atom stereocenters. The van der Waals surface area contributed by atoms with Crippen LogP contribution in [-0.4, -0.2) is 22.7 Å². The van der Waals surface area contributed by atoms with Gasteiger partial charge in [-0.1, -0.05) is 12.1 Å². The normalized spacial score (nSPS) is 24.3. The summed E-state index contributed by atoms with van der Waals surface area (Å²) in [6.07, 6.45) is 2.25. The quantitative estimate of drug-likeness (QED) is 0.687. The molecule has 2 heterocycles. The van der Waals surface area contributed by atoms with Crippen LogP contribution in [0.1, 0.15) is 18.0 Å². The first-order valence-corrected chi connectivity index (χ1v) is 5.79. The number of β-amino-alcohol motifs (C(OH)–C–C–N with tert-alkyl or cyclic N) is 1. The van der Waals surface area contributed by atoms with Crippen molar-refractivity contribution in [1.29, 1.82) is 0 Å². The van der Waals surface area contributed by atoms with E-state index in [1.165, 1.54) is 5.56 Å². The highest BCUT2D eigenvalue weighted by Crippen LogP contribution is 2.27. The third kappa shape index (κ3) is 1.85. The maximum atomic E-state index is 9.53. The molecule has 0 saturated carbocycles. The van der Waals surface area contributed by atoms with Crippen molar-refractivity contribution in [2.75, 3.05) is 12.3 Å². The first-order valence-electron chi connectivity index (χ1n) is 5.79. The van der Waals surface area contributed by atoms with Gasteiger partial charge in [0.05, 0.1) is 6.10 Å². The standard InChI is InChI=1S/C13H15N3O/c14-13-11-2-1-9(5-8(11)3-4-15-13)12-6-10(17)7-16-12/h1-5,10,12,16-17H,6-7H2,(H2,14,15)/t10-,12-/m1/s1. The van der Waals surface area contributed by atoms with Crippen molar-refractivity contribution in [1.82, 2.24) is 10.3 Å². The van der Waals surface area contributed by atoms with Crippen molar-refractivity contribution in [3.63, 3.8) is 0 Å². The number of aliphatic hydroxyl groups is 1. The molecule has 1 aliphatic rings. The fourth-order valence-electron chi connectivity index (χ4n) is 2.41. The van der Waals surface area contributed by atoms with Crippen molar-refractivity contribution in [2.45, 2.75) is 18.6 Å². The van der Waals surface area contributed by atoms with Gasteiger partial charge in [-0.3, -0.25) is 0 Å². The van der Waals surface area contributed by atoms with Crippen LogP contribution in [0.3, 0.4) is 0 Å². The zero-order valence-corrected chi connectivity index (χ0v) is 9.43. The lowest BCUT2D eigenvalue weighted by Crippen LogP contribution is -2.14. The van der Waals surface area contributed by atoms with Crippen molar-refractivity contribution < 1.29 is 5.11 Å². The van der Waals surface area contributed by atoms with E-state index in [0.29, 0.717) is 12.4 Å². The van der Waals surface area contributed by atoms with Gasteiger partial charge in [0, 0.05) is 24.2 Å². The van der Waals surface area contributed by atoms with Crippen molar-refractivity contribution >= 4 is 16.6 Å². The molecule has 0 spiro atoms. The topological polar surface area (TPSA) is 71.2 Å². The number of aliphatic hydroxyl groups excluding tert-OH is 1. The summed E-state index contributed by atoms with van der Waals surface area (Å²) in [5, 5.41) is 14.9. The molecule has 1 aliphatic heterocycles. The first-order chi connectivity index (χ1) is 8.24. The Balaban J connectivity index is 2.02. The number of aromatic nitrogens is 1. The number of nitrogens with zero attached hydrogens (tertiary/aromatic N) is 1. The van der Waals surface area contributed by atoms with Crippen molar-refractivity contribution in [2.24, 2.45) is 0 Å². The van der Waals surface area contributed by atoms with Gasteiger partial charge in [0.2, 0.25) is 0 Å².